The predicted octanol–water partition coefficient (Wildman–Crippen LogP) is 4.06. The van der Waals surface area contributed by atoms with Crippen molar-refractivity contribution in [2.75, 3.05) is 50.2 Å². The second-order valence-electron chi connectivity index (χ2n) is 12.1. The zero-order chi connectivity index (χ0) is 29.1. The number of amides is 2. The molecule has 4 aliphatic rings. The van der Waals surface area contributed by atoms with Crippen LogP contribution in [-0.4, -0.2) is 90.0 Å². The van der Waals surface area contributed by atoms with Gasteiger partial charge < -0.3 is 19.4 Å². The number of nitrogens with zero attached hydrogens (tertiary/aromatic N) is 6. The molecular formula is C29H37F3N6O3. The van der Waals surface area contributed by atoms with E-state index in [1.165, 1.54) is 28.8 Å². The smallest absolute Gasteiger partial charge is 0.377 e. The summed E-state index contributed by atoms with van der Waals surface area (Å²) in [7, 11) is 3.53. The topological polar surface area (TPSA) is 74.2 Å². The quantitative estimate of drug-likeness (QED) is 0.537. The van der Waals surface area contributed by atoms with Crippen LogP contribution in [0.3, 0.4) is 0 Å². The van der Waals surface area contributed by atoms with Gasteiger partial charge in [0.25, 0.3) is 0 Å². The Morgan fingerprint density at radius 3 is 2.34 bits per heavy atom. The number of benzene rings is 1. The number of hydrogen-bond donors (Lipinski definition) is 0. The van der Waals surface area contributed by atoms with E-state index in [1.54, 1.807) is 24.2 Å². The van der Waals surface area contributed by atoms with Gasteiger partial charge in [0.05, 0.1) is 48.9 Å². The van der Waals surface area contributed by atoms with Crippen molar-refractivity contribution in [1.82, 2.24) is 19.6 Å². The average molecular weight is 575 g/mol. The maximum absolute atomic E-state index is 14.2. The molecule has 0 radical (unpaired) electrons. The van der Waals surface area contributed by atoms with Gasteiger partial charge in [0.1, 0.15) is 0 Å². The SMILES string of the molecule is CC(=O)N(C)c1cnn(C(=O)N2CC3CC(N(C)Cc4ccc(N5[C@@H]6CC[C@H]5COC6)cc4C(F)(F)F)CC3C2)c1. The standard InChI is InChI=1S/C29H37F3N6O3/c1-18(39)35(3)26-11-33-37(15-26)28(40)36-13-20-8-25(9-21(20)14-36)34(2)12-19-4-5-22(10-27(19)29(30,31)32)38-23-6-7-24(38)17-41-16-23/h4-5,10-11,15,20-21,23-25H,6-9,12-14,16-17H2,1-3H3/t20?,21?,23-,24+,25?. The Balaban J connectivity index is 1.09. The number of hydrogen-bond acceptors (Lipinski definition) is 6. The number of ether oxygens (including phenoxy) is 1. The molecule has 4 fully saturated rings. The molecule has 0 N–H and O–H groups in total. The molecule has 2 bridgehead atoms. The van der Waals surface area contributed by atoms with E-state index >= 15 is 0 Å². The van der Waals surface area contributed by atoms with E-state index in [9.17, 15) is 22.8 Å². The summed E-state index contributed by atoms with van der Waals surface area (Å²) in [6.45, 7) is 3.98. The molecule has 1 aromatic heterocycles. The summed E-state index contributed by atoms with van der Waals surface area (Å²) >= 11 is 0. The second kappa shape index (κ2) is 10.6. The van der Waals surface area contributed by atoms with Crippen LogP contribution in [0.15, 0.2) is 30.6 Å². The normalized spacial score (nSPS) is 27.5. The van der Waals surface area contributed by atoms with Crippen LogP contribution in [0, 0.1) is 11.8 Å². The van der Waals surface area contributed by atoms with Crippen LogP contribution in [0.25, 0.3) is 0 Å². The number of alkyl halides is 3. The van der Waals surface area contributed by atoms with Crippen molar-refractivity contribution in [2.24, 2.45) is 11.8 Å². The maximum Gasteiger partial charge on any atom is 0.416 e. The number of morpholine rings is 1. The minimum Gasteiger partial charge on any atom is -0.377 e. The first kappa shape index (κ1) is 28.0. The Labute approximate surface area is 237 Å². The lowest BCUT2D eigenvalue weighted by Crippen LogP contribution is -2.46. The first-order valence-corrected chi connectivity index (χ1v) is 14.3. The average Bonchev–Trinajstić information content (AvgIpc) is 3.69. The molecular weight excluding hydrogens is 537 g/mol. The predicted molar refractivity (Wildman–Crippen MR) is 147 cm³/mol. The molecule has 0 spiro atoms. The first-order chi connectivity index (χ1) is 19.5. The van der Waals surface area contributed by atoms with Crippen LogP contribution in [0.4, 0.5) is 29.3 Å². The highest BCUT2D eigenvalue weighted by Gasteiger charge is 2.45. The lowest BCUT2D eigenvalue weighted by Gasteiger charge is -2.37. The molecule has 1 aliphatic carbocycles. The van der Waals surface area contributed by atoms with Crippen molar-refractivity contribution in [3.05, 3.63) is 41.7 Å². The van der Waals surface area contributed by atoms with Crippen molar-refractivity contribution in [3.63, 3.8) is 0 Å². The van der Waals surface area contributed by atoms with Gasteiger partial charge in [-0.3, -0.25) is 9.69 Å². The van der Waals surface area contributed by atoms with E-state index in [2.05, 4.69) is 10.00 Å². The maximum atomic E-state index is 14.2. The van der Waals surface area contributed by atoms with Gasteiger partial charge in [-0.15, -0.1) is 0 Å². The zero-order valence-corrected chi connectivity index (χ0v) is 23.7. The third kappa shape index (κ3) is 5.31. The molecule has 9 nitrogen and oxygen atoms in total. The number of likely N-dealkylation sites (tertiary alicyclic amines) is 1. The summed E-state index contributed by atoms with van der Waals surface area (Å²) < 4.78 is 49.6. The van der Waals surface area contributed by atoms with Gasteiger partial charge in [0.2, 0.25) is 5.91 Å². The molecule has 41 heavy (non-hydrogen) atoms. The second-order valence-corrected chi connectivity index (χ2v) is 12.1. The van der Waals surface area contributed by atoms with Crippen molar-refractivity contribution < 1.29 is 27.5 Å². The van der Waals surface area contributed by atoms with Crippen LogP contribution in [0.2, 0.25) is 0 Å². The number of carbonyl (C=O) groups excluding carboxylic acids is 2. The highest BCUT2D eigenvalue weighted by atomic mass is 19.4. The van der Waals surface area contributed by atoms with E-state index < -0.39 is 11.7 Å². The molecule has 6 rings (SSSR count). The van der Waals surface area contributed by atoms with Crippen LogP contribution < -0.4 is 9.80 Å². The van der Waals surface area contributed by atoms with E-state index in [-0.39, 0.29) is 36.6 Å². The molecule has 4 atom stereocenters. The summed E-state index contributed by atoms with van der Waals surface area (Å²) in [4.78, 5) is 32.1. The third-order valence-electron chi connectivity index (χ3n) is 9.60. The number of rotatable bonds is 5. The van der Waals surface area contributed by atoms with E-state index in [1.807, 2.05) is 18.0 Å². The van der Waals surface area contributed by atoms with Gasteiger partial charge in [-0.1, -0.05) is 6.07 Å². The number of fused-ring (bicyclic) bond motifs is 3. The van der Waals surface area contributed by atoms with Gasteiger partial charge >= 0.3 is 12.2 Å². The Hall–Kier alpha value is -3.12. The fourth-order valence-corrected chi connectivity index (χ4v) is 7.28. The van der Waals surface area contributed by atoms with Crippen LogP contribution in [0.1, 0.15) is 43.7 Å². The molecule has 4 heterocycles. The van der Waals surface area contributed by atoms with Gasteiger partial charge in [0, 0.05) is 45.3 Å². The first-order valence-electron chi connectivity index (χ1n) is 14.3. The molecule has 2 amide bonds. The minimum atomic E-state index is -4.43. The summed E-state index contributed by atoms with van der Waals surface area (Å²) in [5.74, 6) is 0.440. The van der Waals surface area contributed by atoms with Crippen LogP contribution in [-0.2, 0) is 22.3 Å². The lowest BCUT2D eigenvalue weighted by molar-refractivity contribution is -0.138. The summed E-state index contributed by atoms with van der Waals surface area (Å²) in [5.41, 5.74) is 0.923. The van der Waals surface area contributed by atoms with Gasteiger partial charge in [-0.05, 0) is 62.3 Å². The molecule has 12 heteroatoms. The highest BCUT2D eigenvalue weighted by molar-refractivity contribution is 5.91. The molecule has 222 valence electrons. The Morgan fingerprint density at radius 2 is 1.73 bits per heavy atom. The molecule has 2 unspecified atom stereocenters. The van der Waals surface area contributed by atoms with Crippen molar-refractivity contribution in [1.29, 1.82) is 0 Å². The number of halogens is 3. The molecule has 1 aromatic carbocycles. The van der Waals surface area contributed by atoms with Gasteiger partial charge in [0.15, 0.2) is 0 Å². The van der Waals surface area contributed by atoms with E-state index in [0.717, 1.165) is 25.7 Å². The Bertz CT molecular complexity index is 1280. The zero-order valence-electron chi connectivity index (χ0n) is 23.7. The largest absolute Gasteiger partial charge is 0.416 e. The third-order valence-corrected chi connectivity index (χ3v) is 9.60. The van der Waals surface area contributed by atoms with Crippen LogP contribution in [0.5, 0.6) is 0 Å². The fraction of sp³-hybridized carbons (Fsp3) is 0.621. The number of anilines is 2. The number of carbonyl (C=O) groups is 2. The summed E-state index contributed by atoms with van der Waals surface area (Å²) in [6.07, 6.45) is 2.18. The number of aromatic nitrogens is 2. The lowest BCUT2D eigenvalue weighted by atomic mass is 10.0. The van der Waals surface area contributed by atoms with E-state index in [0.29, 0.717) is 55.1 Å². The van der Waals surface area contributed by atoms with Gasteiger partial charge in [-0.2, -0.15) is 23.0 Å². The van der Waals surface area contributed by atoms with Crippen molar-refractivity contribution in [3.8, 4) is 0 Å². The monoisotopic (exact) mass is 574 g/mol. The molecule has 1 saturated carbocycles. The molecule has 3 saturated heterocycles. The van der Waals surface area contributed by atoms with E-state index in [4.69, 9.17) is 4.74 Å². The van der Waals surface area contributed by atoms with Crippen molar-refractivity contribution in [2.45, 2.75) is 63.5 Å². The molecule has 3 aliphatic heterocycles. The minimum absolute atomic E-state index is 0.143. The summed E-state index contributed by atoms with van der Waals surface area (Å²) in [5, 5.41) is 4.15. The fourth-order valence-electron chi connectivity index (χ4n) is 7.28. The summed E-state index contributed by atoms with van der Waals surface area (Å²) in [6, 6.07) is 5.05. The molecule has 2 aromatic rings. The van der Waals surface area contributed by atoms with Crippen LogP contribution >= 0.6 is 0 Å². The Kier molecular flexibility index (Phi) is 7.25. The van der Waals surface area contributed by atoms with Gasteiger partial charge in [-0.25, -0.2) is 4.79 Å². The van der Waals surface area contributed by atoms with Crippen molar-refractivity contribution >= 4 is 23.3 Å². The highest BCUT2D eigenvalue weighted by Crippen LogP contribution is 2.42. The Morgan fingerprint density at radius 1 is 1.07 bits per heavy atom.